The van der Waals surface area contributed by atoms with E-state index in [2.05, 4.69) is 15.9 Å². The van der Waals surface area contributed by atoms with Crippen LogP contribution in [0.5, 0.6) is 0 Å². The van der Waals surface area contributed by atoms with Crippen LogP contribution in [0.2, 0.25) is 0 Å². The van der Waals surface area contributed by atoms with Crippen LogP contribution < -0.4 is 0 Å². The maximum atomic E-state index is 3.66. The normalized spacial score (nSPS) is 49.6. The van der Waals surface area contributed by atoms with Crippen molar-refractivity contribution < 1.29 is 0 Å². The first-order chi connectivity index (χ1) is 6.34. The molecule has 3 rings (SSSR count). The molecule has 3 saturated carbocycles. The van der Waals surface area contributed by atoms with Gasteiger partial charge in [-0.3, -0.25) is 0 Å². The van der Waals surface area contributed by atoms with Crippen molar-refractivity contribution in [1.29, 1.82) is 0 Å². The molecule has 0 radical (unpaired) electrons. The Hall–Kier alpha value is 0.480. The fourth-order valence-corrected chi connectivity index (χ4v) is 4.53. The van der Waals surface area contributed by atoms with E-state index in [1.54, 1.807) is 38.5 Å². The second-order valence-electron chi connectivity index (χ2n) is 5.61. The third-order valence-electron chi connectivity index (χ3n) is 4.75. The average molecular weight is 243 g/mol. The second kappa shape index (κ2) is 2.98. The number of hydrogen-bond acceptors (Lipinski definition) is 0. The molecule has 0 amide bonds. The van der Waals surface area contributed by atoms with Crippen molar-refractivity contribution in [2.45, 2.75) is 44.9 Å². The van der Waals surface area contributed by atoms with Crippen molar-refractivity contribution in [3.8, 4) is 0 Å². The first-order valence-corrected chi connectivity index (χ1v) is 7.02. The van der Waals surface area contributed by atoms with Gasteiger partial charge in [-0.05, 0) is 55.3 Å². The lowest BCUT2D eigenvalue weighted by Crippen LogP contribution is -2.19. The van der Waals surface area contributed by atoms with Crippen LogP contribution in [0.15, 0.2) is 0 Å². The van der Waals surface area contributed by atoms with E-state index in [1.807, 2.05) is 0 Å². The van der Waals surface area contributed by atoms with E-state index in [0.29, 0.717) is 0 Å². The highest BCUT2D eigenvalue weighted by molar-refractivity contribution is 9.09. The molecule has 0 nitrogen and oxygen atoms in total. The molecule has 0 bridgehead atoms. The fourth-order valence-electron chi connectivity index (χ4n) is 3.62. The average Bonchev–Trinajstić information content (AvgIpc) is 3.00. The molecule has 3 fully saturated rings. The minimum atomic E-state index is 0.842. The fraction of sp³-hybridized carbons (Fsp3) is 1.00. The zero-order valence-corrected chi connectivity index (χ0v) is 9.85. The lowest BCUT2D eigenvalue weighted by Gasteiger charge is -2.30. The van der Waals surface area contributed by atoms with Crippen LogP contribution in [0.25, 0.3) is 0 Å². The molecule has 1 spiro atoms. The Morgan fingerprint density at radius 3 is 2.54 bits per heavy atom. The summed E-state index contributed by atoms with van der Waals surface area (Å²) in [6.07, 6.45) is 10.9. The minimum absolute atomic E-state index is 0.842. The molecule has 0 saturated heterocycles. The maximum absolute atomic E-state index is 3.66. The summed E-state index contributed by atoms with van der Waals surface area (Å²) < 4.78 is 0. The molecular formula is C12H19Br. The zero-order chi connectivity index (χ0) is 8.89. The SMILES string of the molecule is BrCC1CC12CCCC(C1CC1)C2. The standard InChI is InChI=1S/C12H19Br/c13-8-11-7-12(11)5-1-2-10(6-12)9-3-4-9/h9-11H,1-8H2. The van der Waals surface area contributed by atoms with E-state index in [9.17, 15) is 0 Å². The van der Waals surface area contributed by atoms with E-state index in [0.717, 1.165) is 23.2 Å². The highest BCUT2D eigenvalue weighted by Gasteiger charge is 2.55. The summed E-state index contributed by atoms with van der Waals surface area (Å²) in [5.41, 5.74) is 0.842. The van der Waals surface area contributed by atoms with Crippen molar-refractivity contribution in [3.63, 3.8) is 0 Å². The topological polar surface area (TPSA) is 0 Å². The van der Waals surface area contributed by atoms with Crippen molar-refractivity contribution >= 4 is 15.9 Å². The minimum Gasteiger partial charge on any atom is -0.0925 e. The second-order valence-corrected chi connectivity index (χ2v) is 6.26. The molecule has 1 heteroatoms. The molecule has 74 valence electrons. The van der Waals surface area contributed by atoms with Gasteiger partial charge in [0, 0.05) is 5.33 Å². The summed E-state index contributed by atoms with van der Waals surface area (Å²) in [4.78, 5) is 0. The molecule has 3 atom stereocenters. The molecule has 0 aromatic rings. The summed E-state index contributed by atoms with van der Waals surface area (Å²) in [5, 5.41) is 1.27. The first kappa shape index (κ1) is 8.76. The lowest BCUT2D eigenvalue weighted by atomic mass is 9.76. The van der Waals surface area contributed by atoms with Gasteiger partial charge in [0.1, 0.15) is 0 Å². The van der Waals surface area contributed by atoms with Crippen molar-refractivity contribution in [2.24, 2.45) is 23.2 Å². The molecule has 3 unspecified atom stereocenters. The molecule has 0 heterocycles. The van der Waals surface area contributed by atoms with Gasteiger partial charge in [-0.25, -0.2) is 0 Å². The third-order valence-corrected chi connectivity index (χ3v) is 5.53. The van der Waals surface area contributed by atoms with Crippen molar-refractivity contribution in [2.75, 3.05) is 5.33 Å². The van der Waals surface area contributed by atoms with Gasteiger partial charge in [0.05, 0.1) is 0 Å². The zero-order valence-electron chi connectivity index (χ0n) is 8.27. The Morgan fingerprint density at radius 1 is 1.08 bits per heavy atom. The van der Waals surface area contributed by atoms with Crippen LogP contribution in [0.4, 0.5) is 0 Å². The van der Waals surface area contributed by atoms with Crippen LogP contribution in [-0.4, -0.2) is 5.33 Å². The van der Waals surface area contributed by atoms with Gasteiger partial charge in [0.25, 0.3) is 0 Å². The smallest absolute Gasteiger partial charge is 0.00651 e. The van der Waals surface area contributed by atoms with Gasteiger partial charge in [-0.15, -0.1) is 0 Å². The Morgan fingerprint density at radius 2 is 1.92 bits per heavy atom. The first-order valence-electron chi connectivity index (χ1n) is 5.90. The van der Waals surface area contributed by atoms with Crippen LogP contribution in [-0.2, 0) is 0 Å². The van der Waals surface area contributed by atoms with Crippen LogP contribution in [0, 0.1) is 23.2 Å². The summed E-state index contributed by atoms with van der Waals surface area (Å²) in [6, 6.07) is 0. The number of alkyl halides is 1. The van der Waals surface area contributed by atoms with Crippen molar-refractivity contribution in [3.05, 3.63) is 0 Å². The Labute approximate surface area is 89.6 Å². The largest absolute Gasteiger partial charge is 0.0925 e. The van der Waals surface area contributed by atoms with Gasteiger partial charge in [-0.2, -0.15) is 0 Å². The Bertz CT molecular complexity index is 209. The molecule has 0 N–H and O–H groups in total. The summed E-state index contributed by atoms with van der Waals surface area (Å²) in [5.74, 6) is 3.35. The maximum Gasteiger partial charge on any atom is 0.00651 e. The molecule has 0 aromatic heterocycles. The molecule has 0 aromatic carbocycles. The Balaban J connectivity index is 1.64. The lowest BCUT2D eigenvalue weighted by molar-refractivity contribution is 0.213. The summed E-state index contributed by atoms with van der Waals surface area (Å²) in [6.45, 7) is 0. The van der Waals surface area contributed by atoms with Gasteiger partial charge < -0.3 is 0 Å². The van der Waals surface area contributed by atoms with Gasteiger partial charge >= 0.3 is 0 Å². The van der Waals surface area contributed by atoms with Crippen LogP contribution in [0.3, 0.4) is 0 Å². The number of halogens is 1. The Kier molecular flexibility index (Phi) is 2.01. The van der Waals surface area contributed by atoms with Crippen LogP contribution in [0.1, 0.15) is 44.9 Å². The van der Waals surface area contributed by atoms with Crippen molar-refractivity contribution in [1.82, 2.24) is 0 Å². The van der Waals surface area contributed by atoms with Gasteiger partial charge in [0.2, 0.25) is 0 Å². The molecule has 3 aliphatic carbocycles. The van der Waals surface area contributed by atoms with E-state index in [4.69, 9.17) is 0 Å². The predicted molar refractivity (Wildman–Crippen MR) is 59.0 cm³/mol. The van der Waals surface area contributed by atoms with Gasteiger partial charge in [0.15, 0.2) is 0 Å². The monoisotopic (exact) mass is 242 g/mol. The van der Waals surface area contributed by atoms with E-state index < -0.39 is 0 Å². The van der Waals surface area contributed by atoms with Crippen LogP contribution >= 0.6 is 15.9 Å². The molecule has 3 aliphatic rings. The van der Waals surface area contributed by atoms with E-state index >= 15 is 0 Å². The predicted octanol–water partition coefficient (Wildman–Crippen LogP) is 3.99. The summed E-state index contributed by atoms with van der Waals surface area (Å²) >= 11 is 3.66. The molecular weight excluding hydrogens is 224 g/mol. The van der Waals surface area contributed by atoms with E-state index in [-0.39, 0.29) is 0 Å². The van der Waals surface area contributed by atoms with E-state index in [1.165, 1.54) is 11.8 Å². The number of hydrogen-bond donors (Lipinski definition) is 0. The molecule has 0 aliphatic heterocycles. The van der Waals surface area contributed by atoms with Gasteiger partial charge in [-0.1, -0.05) is 28.8 Å². The quantitative estimate of drug-likeness (QED) is 0.643. The number of rotatable bonds is 2. The third kappa shape index (κ3) is 1.48. The highest BCUT2D eigenvalue weighted by atomic mass is 79.9. The molecule has 13 heavy (non-hydrogen) atoms. The summed E-state index contributed by atoms with van der Waals surface area (Å²) in [7, 11) is 0. The highest BCUT2D eigenvalue weighted by Crippen LogP contribution is 2.65.